The average Bonchev–Trinajstić information content (AvgIpc) is 1.83. The van der Waals surface area contributed by atoms with Crippen molar-refractivity contribution in [3.8, 4) is 0 Å². The van der Waals surface area contributed by atoms with Crippen molar-refractivity contribution >= 4 is 5.97 Å². The van der Waals surface area contributed by atoms with Crippen LogP contribution in [0.4, 0.5) is 0 Å². The van der Waals surface area contributed by atoms with Crippen molar-refractivity contribution in [3.05, 3.63) is 11.6 Å². The molecule has 0 saturated carbocycles. The average molecular weight is 158 g/mol. The van der Waals surface area contributed by atoms with E-state index in [1.54, 1.807) is 13.8 Å². The van der Waals surface area contributed by atoms with Crippen molar-refractivity contribution in [2.45, 2.75) is 26.4 Å². The highest BCUT2D eigenvalue weighted by molar-refractivity contribution is 5.81. The van der Waals surface area contributed by atoms with Crippen LogP contribution in [0.25, 0.3) is 0 Å². The number of hydrogen-bond acceptors (Lipinski definition) is 3. The molecule has 3 nitrogen and oxygen atoms in total. The molecule has 11 heavy (non-hydrogen) atoms. The number of ether oxygens (including phenoxy) is 1. The third-order valence-corrected chi connectivity index (χ3v) is 1.17. The fraction of sp³-hybridized carbons (Fsp3) is 0.625. The molecular weight excluding hydrogens is 144 g/mol. The molecule has 0 bridgehead atoms. The van der Waals surface area contributed by atoms with Gasteiger partial charge in [-0.1, -0.05) is 5.57 Å². The van der Waals surface area contributed by atoms with Crippen molar-refractivity contribution in [1.29, 1.82) is 0 Å². The Morgan fingerprint density at radius 2 is 2.00 bits per heavy atom. The largest absolute Gasteiger partial charge is 0.467 e. The summed E-state index contributed by atoms with van der Waals surface area (Å²) >= 11 is 0. The van der Waals surface area contributed by atoms with Gasteiger partial charge >= 0.3 is 5.97 Å². The number of allylic oxidation sites excluding steroid dienone is 1. The van der Waals surface area contributed by atoms with Gasteiger partial charge < -0.3 is 9.84 Å². The highest BCUT2D eigenvalue weighted by atomic mass is 16.5. The summed E-state index contributed by atoms with van der Waals surface area (Å²) in [5.41, 5.74) is -0.617. The Balaban J connectivity index is 4.46. The zero-order valence-electron chi connectivity index (χ0n) is 7.34. The monoisotopic (exact) mass is 158 g/mol. The van der Waals surface area contributed by atoms with Crippen LogP contribution in [0.3, 0.4) is 0 Å². The van der Waals surface area contributed by atoms with Gasteiger partial charge in [-0.3, -0.25) is 0 Å². The summed E-state index contributed by atoms with van der Waals surface area (Å²) in [5, 5.41) is 9.40. The van der Waals surface area contributed by atoms with Crippen LogP contribution in [0.2, 0.25) is 0 Å². The normalized spacial score (nSPS) is 15.0. The first-order valence-corrected chi connectivity index (χ1v) is 3.37. The molecule has 0 rings (SSSR count). The van der Waals surface area contributed by atoms with Gasteiger partial charge in [-0.05, 0) is 26.8 Å². The third-order valence-electron chi connectivity index (χ3n) is 1.17. The lowest BCUT2D eigenvalue weighted by Crippen LogP contribution is -2.34. The SMILES string of the molecule is COC(=O)C(C)(O)C=C(C)C. The van der Waals surface area contributed by atoms with Crippen molar-refractivity contribution in [1.82, 2.24) is 0 Å². The van der Waals surface area contributed by atoms with Crippen LogP contribution in [-0.4, -0.2) is 23.8 Å². The number of esters is 1. The highest BCUT2D eigenvalue weighted by Gasteiger charge is 2.27. The number of methoxy groups -OCH3 is 1. The minimum atomic E-state index is -1.49. The summed E-state index contributed by atoms with van der Waals surface area (Å²) in [6, 6.07) is 0. The van der Waals surface area contributed by atoms with Gasteiger partial charge in [-0.2, -0.15) is 0 Å². The molecule has 64 valence electrons. The molecule has 0 aliphatic carbocycles. The maximum Gasteiger partial charge on any atom is 0.341 e. The van der Waals surface area contributed by atoms with E-state index < -0.39 is 11.6 Å². The lowest BCUT2D eigenvalue weighted by atomic mass is 10.0. The van der Waals surface area contributed by atoms with Gasteiger partial charge in [-0.25, -0.2) is 4.79 Å². The number of carbonyl (C=O) groups excluding carboxylic acids is 1. The maximum atomic E-state index is 10.9. The summed E-state index contributed by atoms with van der Waals surface area (Å²) in [7, 11) is 1.25. The first-order chi connectivity index (χ1) is 4.90. The number of carbonyl (C=O) groups is 1. The molecule has 0 saturated heterocycles. The Kier molecular flexibility index (Phi) is 3.26. The van der Waals surface area contributed by atoms with Crippen LogP contribution in [-0.2, 0) is 9.53 Å². The zero-order chi connectivity index (χ0) is 9.07. The molecule has 0 aromatic heterocycles. The Labute approximate surface area is 66.7 Å². The van der Waals surface area contributed by atoms with Crippen LogP contribution >= 0.6 is 0 Å². The van der Waals surface area contributed by atoms with Crippen LogP contribution in [0, 0.1) is 0 Å². The molecule has 0 amide bonds. The van der Waals surface area contributed by atoms with E-state index in [1.807, 2.05) is 0 Å². The molecule has 0 aromatic carbocycles. The smallest absolute Gasteiger partial charge is 0.341 e. The molecule has 0 aliphatic heterocycles. The number of hydrogen-bond donors (Lipinski definition) is 1. The molecule has 0 aromatic rings. The van der Waals surface area contributed by atoms with E-state index >= 15 is 0 Å². The summed E-state index contributed by atoms with van der Waals surface area (Å²) in [6.45, 7) is 5.00. The van der Waals surface area contributed by atoms with E-state index in [-0.39, 0.29) is 0 Å². The van der Waals surface area contributed by atoms with Gasteiger partial charge in [0.1, 0.15) is 0 Å². The lowest BCUT2D eigenvalue weighted by molar-refractivity contribution is -0.155. The highest BCUT2D eigenvalue weighted by Crippen LogP contribution is 2.10. The molecule has 1 N–H and O–H groups in total. The predicted octanol–water partition coefficient (Wildman–Crippen LogP) is 0.877. The van der Waals surface area contributed by atoms with Crippen LogP contribution in [0.15, 0.2) is 11.6 Å². The van der Waals surface area contributed by atoms with Gasteiger partial charge in [0.05, 0.1) is 7.11 Å². The van der Waals surface area contributed by atoms with Gasteiger partial charge in [0.2, 0.25) is 0 Å². The van der Waals surface area contributed by atoms with Gasteiger partial charge in [0.25, 0.3) is 0 Å². The molecule has 1 unspecified atom stereocenters. The second-order valence-corrected chi connectivity index (χ2v) is 2.86. The maximum absolute atomic E-state index is 10.9. The van der Waals surface area contributed by atoms with E-state index in [2.05, 4.69) is 4.74 Å². The molecular formula is C8H14O3. The first-order valence-electron chi connectivity index (χ1n) is 3.37. The fourth-order valence-corrected chi connectivity index (χ4v) is 0.828. The van der Waals surface area contributed by atoms with Crippen molar-refractivity contribution < 1.29 is 14.6 Å². The Hall–Kier alpha value is -0.830. The number of rotatable bonds is 2. The minimum absolute atomic E-state index is 0.640. The molecule has 0 radical (unpaired) electrons. The summed E-state index contributed by atoms with van der Waals surface area (Å²) in [6.07, 6.45) is 1.46. The second-order valence-electron chi connectivity index (χ2n) is 2.86. The molecule has 3 heteroatoms. The zero-order valence-corrected chi connectivity index (χ0v) is 7.34. The van der Waals surface area contributed by atoms with Crippen molar-refractivity contribution in [2.24, 2.45) is 0 Å². The third kappa shape index (κ3) is 3.18. The Morgan fingerprint density at radius 3 is 2.27 bits per heavy atom. The van der Waals surface area contributed by atoms with Gasteiger partial charge in [0, 0.05) is 0 Å². The fourth-order valence-electron chi connectivity index (χ4n) is 0.828. The van der Waals surface area contributed by atoms with E-state index in [1.165, 1.54) is 20.1 Å². The van der Waals surface area contributed by atoms with Gasteiger partial charge in [0.15, 0.2) is 5.60 Å². The van der Waals surface area contributed by atoms with E-state index in [0.717, 1.165) is 5.57 Å². The Morgan fingerprint density at radius 1 is 1.55 bits per heavy atom. The predicted molar refractivity (Wildman–Crippen MR) is 42.1 cm³/mol. The van der Waals surface area contributed by atoms with E-state index in [0.29, 0.717) is 0 Å². The Bertz CT molecular complexity index is 176. The summed E-state index contributed by atoms with van der Waals surface area (Å²) in [5.74, 6) is -0.640. The topological polar surface area (TPSA) is 46.5 Å². The van der Waals surface area contributed by atoms with Crippen molar-refractivity contribution in [3.63, 3.8) is 0 Å². The minimum Gasteiger partial charge on any atom is -0.467 e. The standard InChI is InChI=1S/C8H14O3/c1-6(2)5-8(3,10)7(9)11-4/h5,10H,1-4H3. The molecule has 0 spiro atoms. The molecule has 0 heterocycles. The molecule has 0 aliphatic rings. The van der Waals surface area contributed by atoms with Crippen LogP contribution < -0.4 is 0 Å². The van der Waals surface area contributed by atoms with Gasteiger partial charge in [-0.15, -0.1) is 0 Å². The summed E-state index contributed by atoms with van der Waals surface area (Å²) in [4.78, 5) is 10.9. The summed E-state index contributed by atoms with van der Waals surface area (Å²) < 4.78 is 4.38. The number of aliphatic hydroxyl groups is 1. The van der Waals surface area contributed by atoms with Crippen molar-refractivity contribution in [2.75, 3.05) is 7.11 Å². The first kappa shape index (κ1) is 10.2. The van der Waals surface area contributed by atoms with Crippen LogP contribution in [0.5, 0.6) is 0 Å². The molecule has 0 fully saturated rings. The van der Waals surface area contributed by atoms with Crippen LogP contribution in [0.1, 0.15) is 20.8 Å². The second kappa shape index (κ2) is 3.53. The quantitative estimate of drug-likeness (QED) is 0.479. The lowest BCUT2D eigenvalue weighted by Gasteiger charge is -2.15. The molecule has 1 atom stereocenters. The van der Waals surface area contributed by atoms with E-state index in [9.17, 15) is 9.90 Å². The van der Waals surface area contributed by atoms with E-state index in [4.69, 9.17) is 0 Å².